The van der Waals surface area contributed by atoms with Gasteiger partial charge in [-0.25, -0.2) is 9.97 Å². The highest BCUT2D eigenvalue weighted by Crippen LogP contribution is 2.32. The standard InChI is InChI=1S/C22H18F3N5S/c23-22(24,25)17-5-3-14(4-6-17)20-16(11-27-29-20)13-30-8-7-18-15(12-30)10-26-21(28-18)19-2-1-9-31-19/h1-6,9-11H,7-8,12-13H2,(H,27,29). The first-order chi connectivity index (χ1) is 15.0. The lowest BCUT2D eigenvalue weighted by atomic mass is 10.0. The molecule has 0 radical (unpaired) electrons. The van der Waals surface area contributed by atoms with Crippen LogP contribution in [0.4, 0.5) is 13.2 Å². The highest BCUT2D eigenvalue weighted by atomic mass is 32.1. The summed E-state index contributed by atoms with van der Waals surface area (Å²) < 4.78 is 38.5. The van der Waals surface area contributed by atoms with E-state index >= 15 is 0 Å². The normalized spacial score (nSPS) is 14.5. The van der Waals surface area contributed by atoms with Crippen LogP contribution in [0.3, 0.4) is 0 Å². The molecule has 5 nitrogen and oxygen atoms in total. The maximum Gasteiger partial charge on any atom is 0.416 e. The van der Waals surface area contributed by atoms with Crippen LogP contribution in [0.5, 0.6) is 0 Å². The minimum Gasteiger partial charge on any atom is -0.294 e. The summed E-state index contributed by atoms with van der Waals surface area (Å²) in [6.45, 7) is 2.20. The van der Waals surface area contributed by atoms with Crippen molar-refractivity contribution >= 4 is 11.3 Å². The van der Waals surface area contributed by atoms with Crippen molar-refractivity contribution in [2.75, 3.05) is 6.54 Å². The van der Waals surface area contributed by atoms with Crippen molar-refractivity contribution < 1.29 is 13.2 Å². The average molecular weight is 441 g/mol. The summed E-state index contributed by atoms with van der Waals surface area (Å²) in [5.41, 5.74) is 3.88. The van der Waals surface area contributed by atoms with Crippen molar-refractivity contribution in [1.29, 1.82) is 0 Å². The van der Waals surface area contributed by atoms with Crippen molar-refractivity contribution in [3.05, 3.63) is 76.6 Å². The van der Waals surface area contributed by atoms with Crippen LogP contribution in [0.2, 0.25) is 0 Å². The Balaban J connectivity index is 1.32. The lowest BCUT2D eigenvalue weighted by Crippen LogP contribution is -2.31. The van der Waals surface area contributed by atoms with Crippen molar-refractivity contribution in [3.8, 4) is 22.0 Å². The number of alkyl halides is 3. The van der Waals surface area contributed by atoms with Gasteiger partial charge in [-0.05, 0) is 29.1 Å². The van der Waals surface area contributed by atoms with Gasteiger partial charge >= 0.3 is 6.18 Å². The average Bonchev–Trinajstić information content (AvgIpc) is 3.45. The van der Waals surface area contributed by atoms with Crippen LogP contribution in [-0.2, 0) is 25.7 Å². The van der Waals surface area contributed by atoms with Crippen molar-refractivity contribution in [2.24, 2.45) is 0 Å². The fourth-order valence-corrected chi connectivity index (χ4v) is 4.45. The van der Waals surface area contributed by atoms with E-state index in [9.17, 15) is 13.2 Å². The molecule has 0 amide bonds. The minimum absolute atomic E-state index is 0.638. The van der Waals surface area contributed by atoms with Crippen LogP contribution in [0.1, 0.15) is 22.4 Å². The van der Waals surface area contributed by atoms with Crippen LogP contribution >= 0.6 is 11.3 Å². The SMILES string of the molecule is FC(F)(F)c1ccc(-c2[nH]ncc2CN2CCc3nc(-c4cccs4)ncc3C2)cc1. The first-order valence-corrected chi connectivity index (χ1v) is 10.7. The fraction of sp³-hybridized carbons (Fsp3) is 0.227. The summed E-state index contributed by atoms with van der Waals surface area (Å²) in [7, 11) is 0. The number of halogens is 3. The maximum absolute atomic E-state index is 12.8. The van der Waals surface area contributed by atoms with Gasteiger partial charge in [0.25, 0.3) is 0 Å². The molecule has 0 unspecified atom stereocenters. The number of thiophene rings is 1. The zero-order valence-electron chi connectivity index (χ0n) is 16.4. The third-order valence-electron chi connectivity index (χ3n) is 5.37. The predicted octanol–water partition coefficient (Wildman–Crippen LogP) is 5.17. The summed E-state index contributed by atoms with van der Waals surface area (Å²) >= 11 is 1.62. The van der Waals surface area contributed by atoms with Gasteiger partial charge in [-0.3, -0.25) is 10.00 Å². The molecule has 1 N–H and O–H groups in total. The molecule has 3 aromatic heterocycles. The molecule has 1 aromatic carbocycles. The van der Waals surface area contributed by atoms with Crippen LogP contribution < -0.4 is 0 Å². The fourth-order valence-electron chi connectivity index (χ4n) is 3.78. The van der Waals surface area contributed by atoms with E-state index in [-0.39, 0.29) is 0 Å². The first kappa shape index (κ1) is 19.9. The number of rotatable bonds is 4. The molecule has 0 fully saturated rings. The molecule has 0 bridgehead atoms. The molecule has 0 atom stereocenters. The Hall–Kier alpha value is -3.04. The molecule has 0 spiro atoms. The van der Waals surface area contributed by atoms with Gasteiger partial charge in [0.2, 0.25) is 0 Å². The van der Waals surface area contributed by atoms with E-state index in [0.29, 0.717) is 12.1 Å². The van der Waals surface area contributed by atoms with Crippen LogP contribution in [-0.4, -0.2) is 31.6 Å². The molecule has 9 heteroatoms. The zero-order chi connectivity index (χ0) is 21.4. The molecule has 4 aromatic rings. The summed E-state index contributed by atoms with van der Waals surface area (Å²) in [5.74, 6) is 0.765. The molecular weight excluding hydrogens is 423 g/mol. The number of nitrogens with one attached hydrogen (secondary N) is 1. The Morgan fingerprint density at radius 1 is 1.10 bits per heavy atom. The summed E-state index contributed by atoms with van der Waals surface area (Å²) in [5, 5.41) is 9.07. The van der Waals surface area contributed by atoms with E-state index in [1.54, 1.807) is 17.5 Å². The van der Waals surface area contributed by atoms with Crippen molar-refractivity contribution in [1.82, 2.24) is 25.1 Å². The van der Waals surface area contributed by atoms with Crippen LogP contribution in [0, 0.1) is 0 Å². The maximum atomic E-state index is 12.8. The summed E-state index contributed by atoms with van der Waals surface area (Å²) in [6, 6.07) is 9.16. The van der Waals surface area contributed by atoms with Gasteiger partial charge in [-0.15, -0.1) is 11.3 Å². The van der Waals surface area contributed by atoms with Gasteiger partial charge < -0.3 is 0 Å². The van der Waals surface area contributed by atoms with Gasteiger partial charge in [0.1, 0.15) is 0 Å². The van der Waals surface area contributed by atoms with Crippen LogP contribution in [0.25, 0.3) is 22.0 Å². The van der Waals surface area contributed by atoms with Crippen molar-refractivity contribution in [3.63, 3.8) is 0 Å². The number of H-pyrrole nitrogens is 1. The molecule has 4 heterocycles. The highest BCUT2D eigenvalue weighted by Gasteiger charge is 2.30. The predicted molar refractivity (Wildman–Crippen MR) is 112 cm³/mol. The number of benzene rings is 1. The number of aromatic nitrogens is 4. The monoisotopic (exact) mass is 441 g/mol. The van der Waals surface area contributed by atoms with Crippen LogP contribution in [0.15, 0.2) is 54.2 Å². The second-order valence-electron chi connectivity index (χ2n) is 7.45. The lowest BCUT2D eigenvalue weighted by Gasteiger charge is -2.28. The minimum atomic E-state index is -4.35. The topological polar surface area (TPSA) is 57.7 Å². The van der Waals surface area contributed by atoms with E-state index in [1.807, 2.05) is 23.7 Å². The number of hydrogen-bond donors (Lipinski definition) is 1. The van der Waals surface area contributed by atoms with E-state index in [0.717, 1.165) is 64.9 Å². The van der Waals surface area contributed by atoms with Crippen molar-refractivity contribution in [2.45, 2.75) is 25.7 Å². The molecular formula is C22H18F3N5S. The molecule has 1 aliphatic heterocycles. The number of fused-ring (bicyclic) bond motifs is 1. The zero-order valence-corrected chi connectivity index (χ0v) is 17.2. The Kier molecular flexibility index (Phi) is 5.07. The van der Waals surface area contributed by atoms with Gasteiger partial charge in [-0.1, -0.05) is 18.2 Å². The molecule has 5 rings (SSSR count). The Bertz CT molecular complexity index is 1180. The third kappa shape index (κ3) is 4.11. The van der Waals surface area contributed by atoms with Gasteiger partial charge in [-0.2, -0.15) is 18.3 Å². The number of hydrogen-bond acceptors (Lipinski definition) is 5. The molecule has 0 saturated heterocycles. The molecule has 0 aliphatic carbocycles. The number of aromatic amines is 1. The van der Waals surface area contributed by atoms with Gasteiger partial charge in [0.05, 0.1) is 28.0 Å². The summed E-state index contributed by atoms with van der Waals surface area (Å²) in [4.78, 5) is 12.6. The molecule has 1 aliphatic rings. The second kappa shape index (κ2) is 7.90. The Morgan fingerprint density at radius 2 is 1.94 bits per heavy atom. The Labute approximate surface area is 180 Å². The molecule has 31 heavy (non-hydrogen) atoms. The quantitative estimate of drug-likeness (QED) is 0.475. The van der Waals surface area contributed by atoms with E-state index in [2.05, 4.69) is 20.1 Å². The summed E-state index contributed by atoms with van der Waals surface area (Å²) in [6.07, 6.45) is 0.111. The van der Waals surface area contributed by atoms with E-state index in [4.69, 9.17) is 4.98 Å². The largest absolute Gasteiger partial charge is 0.416 e. The lowest BCUT2D eigenvalue weighted by molar-refractivity contribution is -0.137. The van der Waals surface area contributed by atoms with E-state index < -0.39 is 11.7 Å². The van der Waals surface area contributed by atoms with Gasteiger partial charge in [0.15, 0.2) is 5.82 Å². The van der Waals surface area contributed by atoms with Gasteiger partial charge in [0, 0.05) is 43.4 Å². The molecule has 0 saturated carbocycles. The second-order valence-corrected chi connectivity index (χ2v) is 8.40. The highest BCUT2D eigenvalue weighted by molar-refractivity contribution is 7.13. The first-order valence-electron chi connectivity index (χ1n) is 9.78. The molecule has 158 valence electrons. The Morgan fingerprint density at radius 3 is 2.68 bits per heavy atom. The smallest absolute Gasteiger partial charge is 0.294 e. The third-order valence-corrected chi connectivity index (χ3v) is 6.23. The van der Waals surface area contributed by atoms with E-state index in [1.165, 1.54) is 12.1 Å². The number of nitrogens with zero attached hydrogens (tertiary/aromatic N) is 4.